The summed E-state index contributed by atoms with van der Waals surface area (Å²) in [7, 11) is -3.35. The maximum atomic E-state index is 12.7. The van der Waals surface area contributed by atoms with Crippen LogP contribution in [0.25, 0.3) is 0 Å². The first-order valence-electron chi connectivity index (χ1n) is 8.16. The molecule has 0 bridgehead atoms. The highest BCUT2D eigenvalue weighted by atomic mass is 32.2. The number of benzene rings is 2. The van der Waals surface area contributed by atoms with Gasteiger partial charge in [0, 0.05) is 13.1 Å². The van der Waals surface area contributed by atoms with Gasteiger partial charge in [-0.2, -0.15) is 4.31 Å². The van der Waals surface area contributed by atoms with Crippen LogP contribution in [-0.2, 0) is 16.4 Å². The smallest absolute Gasteiger partial charge is 0.207 e. The van der Waals surface area contributed by atoms with E-state index in [0.717, 1.165) is 24.8 Å². The molecular formula is C19H23NO2S. The summed E-state index contributed by atoms with van der Waals surface area (Å²) in [6.45, 7) is 3.16. The Hall–Kier alpha value is -1.65. The lowest BCUT2D eigenvalue weighted by atomic mass is 9.91. The van der Waals surface area contributed by atoms with E-state index >= 15 is 0 Å². The molecule has 0 radical (unpaired) electrons. The number of piperidine rings is 1. The molecule has 0 unspecified atom stereocenters. The predicted octanol–water partition coefficient (Wildman–Crippen LogP) is 3.64. The van der Waals surface area contributed by atoms with Crippen molar-refractivity contribution in [3.63, 3.8) is 0 Å². The molecule has 1 aliphatic rings. The third kappa shape index (κ3) is 3.82. The van der Waals surface area contributed by atoms with Crippen LogP contribution in [-0.4, -0.2) is 25.8 Å². The Labute approximate surface area is 139 Å². The van der Waals surface area contributed by atoms with Crippen LogP contribution in [0.5, 0.6) is 0 Å². The molecule has 0 amide bonds. The van der Waals surface area contributed by atoms with Gasteiger partial charge < -0.3 is 0 Å². The van der Waals surface area contributed by atoms with E-state index in [-0.39, 0.29) is 0 Å². The summed E-state index contributed by atoms with van der Waals surface area (Å²) in [5.41, 5.74) is 2.32. The van der Waals surface area contributed by atoms with Gasteiger partial charge in [-0.15, -0.1) is 0 Å². The van der Waals surface area contributed by atoms with Crippen molar-refractivity contribution in [2.75, 3.05) is 13.1 Å². The monoisotopic (exact) mass is 329 g/mol. The molecule has 2 aromatic rings. The Kier molecular flexibility index (Phi) is 4.83. The Bertz CT molecular complexity index is 748. The fourth-order valence-electron chi connectivity index (χ4n) is 3.23. The van der Waals surface area contributed by atoms with Gasteiger partial charge in [0.2, 0.25) is 10.0 Å². The zero-order valence-corrected chi connectivity index (χ0v) is 14.3. The molecule has 1 aliphatic heterocycles. The summed E-state index contributed by atoms with van der Waals surface area (Å²) in [6, 6.07) is 17.6. The number of sulfonamides is 1. The van der Waals surface area contributed by atoms with Gasteiger partial charge in [0.15, 0.2) is 0 Å². The first-order valence-corrected chi connectivity index (χ1v) is 9.60. The fraction of sp³-hybridized carbons (Fsp3) is 0.368. The Morgan fingerprint density at radius 1 is 1.00 bits per heavy atom. The Balaban J connectivity index is 1.64. The number of hydrogen-bond donors (Lipinski definition) is 0. The van der Waals surface area contributed by atoms with Crippen LogP contribution in [0.2, 0.25) is 0 Å². The maximum Gasteiger partial charge on any atom is 0.243 e. The van der Waals surface area contributed by atoms with Gasteiger partial charge in [-0.05, 0) is 55.4 Å². The minimum absolute atomic E-state index is 0.416. The van der Waals surface area contributed by atoms with Gasteiger partial charge in [-0.1, -0.05) is 42.5 Å². The molecule has 122 valence electrons. The lowest BCUT2D eigenvalue weighted by molar-refractivity contribution is 0.273. The molecule has 4 heteroatoms. The molecule has 1 fully saturated rings. The Morgan fingerprint density at radius 2 is 1.70 bits per heavy atom. The average molecular weight is 329 g/mol. The Morgan fingerprint density at radius 3 is 2.35 bits per heavy atom. The molecule has 0 saturated carbocycles. The highest BCUT2D eigenvalue weighted by Crippen LogP contribution is 2.26. The molecule has 0 aromatic heterocycles. The molecule has 0 N–H and O–H groups in total. The van der Waals surface area contributed by atoms with Crippen LogP contribution >= 0.6 is 0 Å². The minimum atomic E-state index is -3.35. The van der Waals surface area contributed by atoms with Crippen LogP contribution < -0.4 is 0 Å². The van der Waals surface area contributed by atoms with Gasteiger partial charge in [0.05, 0.1) is 4.90 Å². The largest absolute Gasteiger partial charge is 0.243 e. The zero-order valence-electron chi connectivity index (χ0n) is 13.5. The van der Waals surface area contributed by atoms with Crippen molar-refractivity contribution < 1.29 is 8.42 Å². The summed E-state index contributed by atoms with van der Waals surface area (Å²) in [6.07, 6.45) is 2.90. The van der Waals surface area contributed by atoms with Crippen molar-refractivity contribution in [1.82, 2.24) is 4.31 Å². The summed E-state index contributed by atoms with van der Waals surface area (Å²) < 4.78 is 27.1. The third-order valence-electron chi connectivity index (χ3n) is 4.57. The molecule has 0 spiro atoms. The van der Waals surface area contributed by atoms with Crippen LogP contribution in [0.3, 0.4) is 0 Å². The number of aryl methyl sites for hydroxylation is 1. The molecule has 3 nitrogen and oxygen atoms in total. The lowest BCUT2D eigenvalue weighted by Crippen LogP contribution is -2.38. The van der Waals surface area contributed by atoms with Crippen molar-refractivity contribution >= 4 is 10.0 Å². The summed E-state index contributed by atoms with van der Waals surface area (Å²) >= 11 is 0. The molecule has 23 heavy (non-hydrogen) atoms. The van der Waals surface area contributed by atoms with Crippen LogP contribution in [0.15, 0.2) is 59.5 Å². The highest BCUT2D eigenvalue weighted by Gasteiger charge is 2.29. The molecule has 0 aliphatic carbocycles. The van der Waals surface area contributed by atoms with Crippen LogP contribution in [0.1, 0.15) is 24.0 Å². The summed E-state index contributed by atoms with van der Waals surface area (Å²) in [5, 5.41) is 0. The van der Waals surface area contributed by atoms with Crippen LogP contribution in [0, 0.1) is 12.8 Å². The van der Waals surface area contributed by atoms with Crippen molar-refractivity contribution in [3.8, 4) is 0 Å². The van der Waals surface area contributed by atoms with Gasteiger partial charge in [-0.25, -0.2) is 8.42 Å². The third-order valence-corrected chi connectivity index (χ3v) is 6.46. The summed E-state index contributed by atoms with van der Waals surface area (Å²) in [4.78, 5) is 0.416. The number of nitrogens with zero attached hydrogens (tertiary/aromatic N) is 1. The normalized spacial score (nSPS) is 17.3. The van der Waals surface area contributed by atoms with E-state index in [1.54, 1.807) is 16.4 Å². The van der Waals surface area contributed by atoms with E-state index in [0.29, 0.717) is 23.9 Å². The van der Waals surface area contributed by atoms with E-state index in [1.165, 1.54) is 5.56 Å². The average Bonchev–Trinajstić information content (AvgIpc) is 2.56. The summed E-state index contributed by atoms with van der Waals surface area (Å²) in [5.74, 6) is 0.571. The number of hydrogen-bond acceptors (Lipinski definition) is 2. The molecule has 0 atom stereocenters. The molecular weight excluding hydrogens is 306 g/mol. The minimum Gasteiger partial charge on any atom is -0.207 e. The van der Waals surface area contributed by atoms with E-state index in [1.807, 2.05) is 25.1 Å². The fourth-order valence-corrected chi connectivity index (χ4v) is 4.80. The van der Waals surface area contributed by atoms with Gasteiger partial charge >= 0.3 is 0 Å². The van der Waals surface area contributed by atoms with Crippen LogP contribution in [0.4, 0.5) is 0 Å². The van der Waals surface area contributed by atoms with E-state index in [9.17, 15) is 8.42 Å². The first kappa shape index (κ1) is 16.2. The molecule has 3 rings (SSSR count). The molecule has 1 saturated heterocycles. The number of rotatable bonds is 4. The van der Waals surface area contributed by atoms with Crippen molar-refractivity contribution in [2.45, 2.75) is 31.1 Å². The zero-order chi connectivity index (χ0) is 16.3. The van der Waals surface area contributed by atoms with E-state index in [4.69, 9.17) is 0 Å². The van der Waals surface area contributed by atoms with Crippen molar-refractivity contribution in [3.05, 3.63) is 65.7 Å². The maximum absolute atomic E-state index is 12.7. The molecule has 1 heterocycles. The second kappa shape index (κ2) is 6.85. The SMILES string of the molecule is Cc1cccc(S(=O)(=O)N2CCC(Cc3ccccc3)CC2)c1. The quantitative estimate of drug-likeness (QED) is 0.859. The second-order valence-electron chi connectivity index (χ2n) is 6.35. The standard InChI is InChI=1S/C19H23NO2S/c1-16-6-5-9-19(14-16)23(21,22)20-12-10-18(11-13-20)15-17-7-3-2-4-8-17/h2-9,14,18H,10-13,15H2,1H3. The second-order valence-corrected chi connectivity index (χ2v) is 8.29. The highest BCUT2D eigenvalue weighted by molar-refractivity contribution is 7.89. The van der Waals surface area contributed by atoms with E-state index in [2.05, 4.69) is 24.3 Å². The molecule has 2 aromatic carbocycles. The van der Waals surface area contributed by atoms with E-state index < -0.39 is 10.0 Å². The topological polar surface area (TPSA) is 37.4 Å². The van der Waals surface area contributed by atoms with Gasteiger partial charge in [-0.3, -0.25) is 0 Å². The predicted molar refractivity (Wildman–Crippen MR) is 92.8 cm³/mol. The van der Waals surface area contributed by atoms with Crippen molar-refractivity contribution in [1.29, 1.82) is 0 Å². The van der Waals surface area contributed by atoms with Crippen molar-refractivity contribution in [2.24, 2.45) is 5.92 Å². The van der Waals surface area contributed by atoms with Gasteiger partial charge in [0.25, 0.3) is 0 Å². The van der Waals surface area contributed by atoms with Gasteiger partial charge in [0.1, 0.15) is 0 Å². The first-order chi connectivity index (χ1) is 11.1. The lowest BCUT2D eigenvalue weighted by Gasteiger charge is -2.31.